The van der Waals surface area contributed by atoms with Gasteiger partial charge in [-0.25, -0.2) is 0 Å². The summed E-state index contributed by atoms with van der Waals surface area (Å²) in [5.41, 5.74) is 16.6. The lowest BCUT2D eigenvalue weighted by molar-refractivity contribution is 0.318. The number of benzene rings is 3. The molecule has 0 radical (unpaired) electrons. The lowest BCUT2D eigenvalue weighted by Crippen LogP contribution is -2.12. The van der Waals surface area contributed by atoms with Crippen LogP contribution >= 0.6 is 24.8 Å². The Kier molecular flexibility index (Phi) is 8.31. The molecule has 0 unspecified atom stereocenters. The van der Waals surface area contributed by atoms with Gasteiger partial charge < -0.3 is 21.9 Å². The van der Waals surface area contributed by atoms with Gasteiger partial charge in [-0.1, -0.05) is 77.0 Å². The number of hydrogen-bond acceptors (Lipinski definition) is 4. The molecule has 0 saturated heterocycles. The molecule has 0 aliphatic carbocycles. The van der Waals surface area contributed by atoms with Crippen LogP contribution in [0.4, 0.5) is 0 Å². The highest BCUT2D eigenvalue weighted by atomic mass is 35.5. The van der Waals surface area contributed by atoms with Crippen molar-refractivity contribution in [3.63, 3.8) is 0 Å². The number of amidine groups is 2. The fraction of sp³-hybridized carbons (Fsp3) is 0. The average molecular weight is 419 g/mol. The van der Waals surface area contributed by atoms with Gasteiger partial charge in [-0.15, -0.1) is 24.8 Å². The van der Waals surface area contributed by atoms with E-state index in [1.165, 1.54) is 0 Å². The maximum Gasteiger partial charge on any atom is 0.170 e. The molecular weight excluding hydrogens is 399 g/mol. The average Bonchev–Trinajstić information content (AvgIpc) is 2.73. The van der Waals surface area contributed by atoms with Crippen LogP contribution in [0.2, 0.25) is 0 Å². The van der Waals surface area contributed by atoms with Crippen LogP contribution in [0.1, 0.15) is 11.1 Å². The van der Waals surface area contributed by atoms with Crippen molar-refractivity contribution in [2.24, 2.45) is 21.8 Å². The Labute approximate surface area is 175 Å². The first-order chi connectivity index (χ1) is 12.6. The number of hydrogen-bond donors (Lipinski definition) is 4. The van der Waals surface area contributed by atoms with Gasteiger partial charge in [0.2, 0.25) is 0 Å². The smallest absolute Gasteiger partial charge is 0.170 e. The lowest BCUT2D eigenvalue weighted by Gasteiger charge is -2.08. The van der Waals surface area contributed by atoms with E-state index in [0.717, 1.165) is 22.3 Å². The zero-order valence-corrected chi connectivity index (χ0v) is 16.3. The predicted molar refractivity (Wildman–Crippen MR) is 117 cm³/mol. The van der Waals surface area contributed by atoms with Gasteiger partial charge in [0.1, 0.15) is 0 Å². The number of nitrogens with two attached hydrogens (primary N) is 2. The van der Waals surface area contributed by atoms with Crippen molar-refractivity contribution in [1.29, 1.82) is 0 Å². The molecule has 0 aliphatic heterocycles. The maximum atomic E-state index is 8.74. The SMILES string of the molecule is Cl.Cl.N/C(=N/O)c1ccc(-c2cccc(-c3ccc(/C(N)=N\O)cc3)c2)cc1. The van der Waals surface area contributed by atoms with Gasteiger partial charge in [-0.05, 0) is 28.3 Å². The largest absolute Gasteiger partial charge is 0.409 e. The Morgan fingerprint density at radius 1 is 0.571 bits per heavy atom. The van der Waals surface area contributed by atoms with Crippen LogP contribution in [0, 0.1) is 0 Å². The molecule has 0 spiro atoms. The summed E-state index contributed by atoms with van der Waals surface area (Å²) < 4.78 is 0. The van der Waals surface area contributed by atoms with Crippen molar-refractivity contribution < 1.29 is 10.4 Å². The van der Waals surface area contributed by atoms with Crippen molar-refractivity contribution >= 4 is 36.5 Å². The van der Waals surface area contributed by atoms with Crippen molar-refractivity contribution in [3.05, 3.63) is 83.9 Å². The predicted octanol–water partition coefficient (Wildman–Crippen LogP) is 4.05. The van der Waals surface area contributed by atoms with Crippen LogP contribution in [-0.4, -0.2) is 22.1 Å². The number of rotatable bonds is 4. The highest BCUT2D eigenvalue weighted by Crippen LogP contribution is 2.27. The zero-order valence-electron chi connectivity index (χ0n) is 14.7. The Hall–Kier alpha value is -3.22. The molecule has 0 bridgehead atoms. The molecule has 6 nitrogen and oxygen atoms in total. The van der Waals surface area contributed by atoms with Crippen LogP contribution in [0.5, 0.6) is 0 Å². The van der Waals surface area contributed by atoms with Crippen molar-refractivity contribution in [1.82, 2.24) is 0 Å². The van der Waals surface area contributed by atoms with Crippen LogP contribution in [-0.2, 0) is 0 Å². The molecule has 0 saturated carbocycles. The third kappa shape index (κ3) is 4.94. The first-order valence-electron chi connectivity index (χ1n) is 7.89. The summed E-state index contributed by atoms with van der Waals surface area (Å²) in [5.74, 6) is 0.159. The van der Waals surface area contributed by atoms with E-state index in [0.29, 0.717) is 11.1 Å². The number of nitrogens with zero attached hydrogens (tertiary/aromatic N) is 2. The van der Waals surface area contributed by atoms with Gasteiger partial charge in [-0.2, -0.15) is 0 Å². The normalized spacial score (nSPS) is 11.3. The summed E-state index contributed by atoms with van der Waals surface area (Å²) in [6.07, 6.45) is 0. The minimum atomic E-state index is 0. The molecule has 0 fully saturated rings. The molecule has 3 aromatic rings. The minimum Gasteiger partial charge on any atom is -0.409 e. The zero-order chi connectivity index (χ0) is 18.5. The van der Waals surface area contributed by atoms with Crippen molar-refractivity contribution in [2.45, 2.75) is 0 Å². The molecular formula is C20H20Cl2N4O2. The standard InChI is InChI=1S/C20H18N4O2.2ClH/c21-19(23-25)15-8-4-13(5-9-15)17-2-1-3-18(12-17)14-6-10-16(11-7-14)20(22)24-26;;/h1-12,25-26H,(H2,21,23)(H2,22,24);2*1H. The molecule has 3 rings (SSSR count). The Bertz CT molecular complexity index is 896. The van der Waals surface area contributed by atoms with Gasteiger partial charge >= 0.3 is 0 Å². The van der Waals surface area contributed by atoms with Crippen molar-refractivity contribution in [3.8, 4) is 22.3 Å². The monoisotopic (exact) mass is 418 g/mol. The van der Waals surface area contributed by atoms with E-state index in [1.807, 2.05) is 66.7 Å². The van der Waals surface area contributed by atoms with E-state index < -0.39 is 0 Å². The van der Waals surface area contributed by atoms with Crippen LogP contribution in [0.3, 0.4) is 0 Å². The highest BCUT2D eigenvalue weighted by Gasteiger charge is 2.05. The van der Waals surface area contributed by atoms with Gasteiger partial charge in [0, 0.05) is 11.1 Å². The highest BCUT2D eigenvalue weighted by molar-refractivity contribution is 5.98. The first-order valence-corrected chi connectivity index (χ1v) is 7.89. The van der Waals surface area contributed by atoms with E-state index in [9.17, 15) is 0 Å². The van der Waals surface area contributed by atoms with Crippen LogP contribution in [0.15, 0.2) is 83.1 Å². The number of halogens is 2. The summed E-state index contributed by atoms with van der Waals surface area (Å²) in [6, 6.07) is 23.0. The molecule has 146 valence electrons. The molecule has 0 heterocycles. The van der Waals surface area contributed by atoms with Gasteiger partial charge in [0.15, 0.2) is 11.7 Å². The molecule has 0 aliphatic rings. The minimum absolute atomic E-state index is 0. The van der Waals surface area contributed by atoms with Gasteiger partial charge in [0.05, 0.1) is 0 Å². The second kappa shape index (κ2) is 10.2. The van der Waals surface area contributed by atoms with Crippen molar-refractivity contribution in [2.75, 3.05) is 0 Å². The summed E-state index contributed by atoms with van der Waals surface area (Å²) in [4.78, 5) is 0. The van der Waals surface area contributed by atoms with E-state index in [1.54, 1.807) is 0 Å². The summed E-state index contributed by atoms with van der Waals surface area (Å²) >= 11 is 0. The third-order valence-electron chi connectivity index (χ3n) is 4.11. The Morgan fingerprint density at radius 2 is 0.929 bits per heavy atom. The number of oxime groups is 2. The Balaban J connectivity index is 0.00000196. The molecule has 3 aromatic carbocycles. The second-order valence-electron chi connectivity index (χ2n) is 5.71. The van der Waals surface area contributed by atoms with E-state index in [2.05, 4.69) is 16.4 Å². The van der Waals surface area contributed by atoms with E-state index in [-0.39, 0.29) is 36.5 Å². The topological polar surface area (TPSA) is 117 Å². The summed E-state index contributed by atoms with van der Waals surface area (Å²) in [5, 5.41) is 23.5. The van der Waals surface area contributed by atoms with E-state index >= 15 is 0 Å². The molecule has 8 heteroatoms. The molecule has 0 aromatic heterocycles. The summed E-state index contributed by atoms with van der Waals surface area (Å²) in [7, 11) is 0. The quantitative estimate of drug-likeness (QED) is 0.221. The maximum absolute atomic E-state index is 8.74. The Morgan fingerprint density at radius 3 is 1.25 bits per heavy atom. The van der Waals surface area contributed by atoms with E-state index in [4.69, 9.17) is 21.9 Å². The van der Waals surface area contributed by atoms with Crippen LogP contribution in [0.25, 0.3) is 22.3 Å². The van der Waals surface area contributed by atoms with Crippen LogP contribution < -0.4 is 11.5 Å². The molecule has 28 heavy (non-hydrogen) atoms. The fourth-order valence-electron chi connectivity index (χ4n) is 2.66. The first kappa shape index (κ1) is 22.8. The lowest BCUT2D eigenvalue weighted by atomic mass is 9.97. The molecule has 0 atom stereocenters. The summed E-state index contributed by atoms with van der Waals surface area (Å²) in [6.45, 7) is 0. The molecule has 0 amide bonds. The van der Waals surface area contributed by atoms with Gasteiger partial charge in [0.25, 0.3) is 0 Å². The van der Waals surface area contributed by atoms with Gasteiger partial charge in [-0.3, -0.25) is 0 Å². The third-order valence-corrected chi connectivity index (χ3v) is 4.11. The fourth-order valence-corrected chi connectivity index (χ4v) is 2.66. The second-order valence-corrected chi connectivity index (χ2v) is 5.71. The molecule has 6 N–H and O–H groups in total.